The summed E-state index contributed by atoms with van der Waals surface area (Å²) in [5, 5.41) is 4.53. The zero-order chi connectivity index (χ0) is 12.0. The molecular formula is C12H23N3O. The summed E-state index contributed by atoms with van der Waals surface area (Å²) in [6.07, 6.45) is 1.93. The first-order chi connectivity index (χ1) is 7.70. The van der Waals surface area contributed by atoms with Crippen molar-refractivity contribution in [3.63, 3.8) is 0 Å². The Morgan fingerprint density at radius 3 is 2.75 bits per heavy atom. The van der Waals surface area contributed by atoms with Crippen molar-refractivity contribution in [1.82, 2.24) is 9.78 Å². The summed E-state index contributed by atoms with van der Waals surface area (Å²) in [7, 11) is 0. The Morgan fingerprint density at radius 2 is 2.12 bits per heavy atom. The van der Waals surface area contributed by atoms with Crippen LogP contribution >= 0.6 is 0 Å². The second-order valence-electron chi connectivity index (χ2n) is 3.96. The van der Waals surface area contributed by atoms with E-state index in [1.807, 2.05) is 6.92 Å². The fraction of sp³-hybridized carbons (Fsp3) is 0.750. The Labute approximate surface area is 97.8 Å². The van der Waals surface area contributed by atoms with Crippen LogP contribution in [0.15, 0.2) is 0 Å². The van der Waals surface area contributed by atoms with Crippen LogP contribution in [0.4, 0.5) is 0 Å². The average Bonchev–Trinajstić information content (AvgIpc) is 2.53. The maximum atomic E-state index is 5.59. The SMILES string of the molecule is CCOCCCn1nc(C)c(CCN)c1C. The molecule has 0 unspecified atom stereocenters. The molecule has 0 aliphatic carbocycles. The van der Waals surface area contributed by atoms with Crippen molar-refractivity contribution < 1.29 is 4.74 Å². The van der Waals surface area contributed by atoms with Crippen molar-refractivity contribution >= 4 is 0 Å². The lowest BCUT2D eigenvalue weighted by Gasteiger charge is -2.05. The first-order valence-electron chi connectivity index (χ1n) is 6.01. The molecule has 1 aromatic rings. The van der Waals surface area contributed by atoms with Gasteiger partial charge in [-0.05, 0) is 45.7 Å². The summed E-state index contributed by atoms with van der Waals surface area (Å²) < 4.78 is 7.39. The lowest BCUT2D eigenvalue weighted by Crippen LogP contribution is -2.07. The van der Waals surface area contributed by atoms with E-state index in [2.05, 4.69) is 23.6 Å². The Kier molecular flexibility index (Phi) is 5.49. The largest absolute Gasteiger partial charge is 0.382 e. The van der Waals surface area contributed by atoms with E-state index in [1.54, 1.807) is 0 Å². The number of hydrogen-bond donors (Lipinski definition) is 1. The minimum atomic E-state index is 0.687. The van der Waals surface area contributed by atoms with Gasteiger partial charge in [0.1, 0.15) is 0 Å². The van der Waals surface area contributed by atoms with Gasteiger partial charge in [0.25, 0.3) is 0 Å². The normalized spacial score (nSPS) is 11.0. The van der Waals surface area contributed by atoms with Crippen molar-refractivity contribution in [2.45, 2.75) is 40.2 Å². The number of aryl methyl sites for hydroxylation is 2. The van der Waals surface area contributed by atoms with E-state index in [9.17, 15) is 0 Å². The summed E-state index contributed by atoms with van der Waals surface area (Å²) in [5.41, 5.74) is 9.25. The third kappa shape index (κ3) is 3.32. The molecule has 0 aliphatic rings. The molecule has 4 heteroatoms. The number of rotatable bonds is 7. The summed E-state index contributed by atoms with van der Waals surface area (Å²) in [4.78, 5) is 0. The molecule has 0 atom stereocenters. The van der Waals surface area contributed by atoms with Gasteiger partial charge in [-0.3, -0.25) is 4.68 Å². The molecule has 16 heavy (non-hydrogen) atoms. The van der Waals surface area contributed by atoms with Gasteiger partial charge in [-0.15, -0.1) is 0 Å². The van der Waals surface area contributed by atoms with Crippen LogP contribution in [0.5, 0.6) is 0 Å². The Balaban J connectivity index is 2.56. The minimum absolute atomic E-state index is 0.687. The third-order valence-electron chi connectivity index (χ3n) is 2.79. The summed E-state index contributed by atoms with van der Waals surface area (Å²) in [6.45, 7) is 9.39. The lowest BCUT2D eigenvalue weighted by atomic mass is 10.1. The van der Waals surface area contributed by atoms with Gasteiger partial charge < -0.3 is 10.5 Å². The van der Waals surface area contributed by atoms with Gasteiger partial charge in [-0.25, -0.2) is 0 Å². The van der Waals surface area contributed by atoms with E-state index < -0.39 is 0 Å². The van der Waals surface area contributed by atoms with Crippen LogP contribution in [0.3, 0.4) is 0 Å². The van der Waals surface area contributed by atoms with Crippen molar-refractivity contribution in [1.29, 1.82) is 0 Å². The van der Waals surface area contributed by atoms with E-state index >= 15 is 0 Å². The summed E-state index contributed by atoms with van der Waals surface area (Å²) in [5.74, 6) is 0. The van der Waals surface area contributed by atoms with Gasteiger partial charge in [0.15, 0.2) is 0 Å². The predicted molar refractivity (Wildman–Crippen MR) is 65.6 cm³/mol. The number of aromatic nitrogens is 2. The van der Waals surface area contributed by atoms with E-state index in [4.69, 9.17) is 10.5 Å². The topological polar surface area (TPSA) is 53.1 Å². The molecule has 1 rings (SSSR count). The quantitative estimate of drug-likeness (QED) is 0.714. The summed E-state index contributed by atoms with van der Waals surface area (Å²) in [6, 6.07) is 0. The Hall–Kier alpha value is -0.870. The van der Waals surface area contributed by atoms with Gasteiger partial charge in [0.2, 0.25) is 0 Å². The first kappa shape index (κ1) is 13.2. The smallest absolute Gasteiger partial charge is 0.0628 e. The van der Waals surface area contributed by atoms with Crippen LogP contribution in [0.1, 0.15) is 30.3 Å². The van der Waals surface area contributed by atoms with Gasteiger partial charge in [-0.2, -0.15) is 5.10 Å². The van der Waals surface area contributed by atoms with Crippen LogP contribution < -0.4 is 5.73 Å². The number of hydrogen-bond acceptors (Lipinski definition) is 3. The van der Waals surface area contributed by atoms with E-state index in [0.29, 0.717) is 6.54 Å². The van der Waals surface area contributed by atoms with Crippen molar-refractivity contribution in [3.8, 4) is 0 Å². The highest BCUT2D eigenvalue weighted by molar-refractivity contribution is 5.24. The Morgan fingerprint density at radius 1 is 1.38 bits per heavy atom. The molecule has 0 amide bonds. The molecule has 0 fully saturated rings. The van der Waals surface area contributed by atoms with Crippen LogP contribution in [0.2, 0.25) is 0 Å². The molecule has 92 valence electrons. The van der Waals surface area contributed by atoms with Crippen LogP contribution in [0, 0.1) is 13.8 Å². The summed E-state index contributed by atoms with van der Waals surface area (Å²) >= 11 is 0. The zero-order valence-corrected chi connectivity index (χ0v) is 10.6. The lowest BCUT2D eigenvalue weighted by molar-refractivity contribution is 0.140. The van der Waals surface area contributed by atoms with Gasteiger partial charge in [0.05, 0.1) is 5.69 Å². The number of nitrogens with zero attached hydrogens (tertiary/aromatic N) is 2. The van der Waals surface area contributed by atoms with E-state index in [1.165, 1.54) is 11.3 Å². The second kappa shape index (κ2) is 6.66. The molecule has 0 aromatic carbocycles. The molecule has 1 aromatic heterocycles. The van der Waals surface area contributed by atoms with Crippen molar-refractivity contribution in [3.05, 3.63) is 17.0 Å². The van der Waals surface area contributed by atoms with Crippen LogP contribution in [-0.2, 0) is 17.7 Å². The van der Waals surface area contributed by atoms with Gasteiger partial charge in [-0.1, -0.05) is 0 Å². The molecule has 1 heterocycles. The fourth-order valence-corrected chi connectivity index (χ4v) is 1.92. The molecule has 0 bridgehead atoms. The van der Waals surface area contributed by atoms with Crippen molar-refractivity contribution in [2.24, 2.45) is 5.73 Å². The van der Waals surface area contributed by atoms with Crippen molar-refractivity contribution in [2.75, 3.05) is 19.8 Å². The highest BCUT2D eigenvalue weighted by Gasteiger charge is 2.09. The maximum Gasteiger partial charge on any atom is 0.0628 e. The predicted octanol–water partition coefficient (Wildman–Crippen LogP) is 1.43. The minimum Gasteiger partial charge on any atom is -0.382 e. The van der Waals surface area contributed by atoms with Gasteiger partial charge >= 0.3 is 0 Å². The molecule has 0 saturated heterocycles. The first-order valence-corrected chi connectivity index (χ1v) is 6.01. The molecule has 0 radical (unpaired) electrons. The molecule has 0 saturated carbocycles. The maximum absolute atomic E-state index is 5.59. The average molecular weight is 225 g/mol. The zero-order valence-electron chi connectivity index (χ0n) is 10.6. The third-order valence-corrected chi connectivity index (χ3v) is 2.79. The monoisotopic (exact) mass is 225 g/mol. The van der Waals surface area contributed by atoms with E-state index in [0.717, 1.165) is 38.3 Å². The highest BCUT2D eigenvalue weighted by atomic mass is 16.5. The second-order valence-corrected chi connectivity index (χ2v) is 3.96. The van der Waals surface area contributed by atoms with E-state index in [-0.39, 0.29) is 0 Å². The Bertz CT molecular complexity index is 320. The van der Waals surface area contributed by atoms with Gasteiger partial charge in [0, 0.05) is 25.5 Å². The van der Waals surface area contributed by atoms with Crippen LogP contribution in [-0.4, -0.2) is 29.5 Å². The molecule has 4 nitrogen and oxygen atoms in total. The number of ether oxygens (including phenoxy) is 1. The standard InChI is InChI=1S/C12H23N3O/c1-4-16-9-5-8-15-11(3)12(6-7-13)10(2)14-15/h4-9,13H2,1-3H3. The van der Waals surface area contributed by atoms with Crippen LogP contribution in [0.25, 0.3) is 0 Å². The highest BCUT2D eigenvalue weighted by Crippen LogP contribution is 2.13. The molecule has 0 spiro atoms. The molecule has 2 N–H and O–H groups in total. The molecule has 0 aliphatic heterocycles. The molecular weight excluding hydrogens is 202 g/mol. The fourth-order valence-electron chi connectivity index (χ4n) is 1.92. The number of nitrogens with two attached hydrogens (primary N) is 1.